The summed E-state index contributed by atoms with van der Waals surface area (Å²) in [5.74, 6) is 1.29. The molecule has 0 N–H and O–H groups in total. The van der Waals surface area contributed by atoms with Crippen molar-refractivity contribution < 1.29 is 4.79 Å². The summed E-state index contributed by atoms with van der Waals surface area (Å²) < 4.78 is 0. The normalized spacial score (nSPS) is 20.2. The van der Waals surface area contributed by atoms with E-state index in [0.29, 0.717) is 6.54 Å². The predicted molar refractivity (Wildman–Crippen MR) is 119 cm³/mol. The summed E-state index contributed by atoms with van der Waals surface area (Å²) in [5.41, 5.74) is 1.37. The Kier molecular flexibility index (Phi) is 5.24. The van der Waals surface area contributed by atoms with Gasteiger partial charge in [0, 0.05) is 37.6 Å². The maximum Gasteiger partial charge on any atom is 0.237 e. The molecule has 0 radical (unpaired) electrons. The molecule has 5 rings (SSSR count). The maximum atomic E-state index is 13.1. The predicted octanol–water partition coefficient (Wildman–Crippen LogP) is 3.41. The molecule has 3 aromatic rings. The highest BCUT2D eigenvalue weighted by Gasteiger charge is 2.31. The Hall–Kier alpha value is -2.03. The van der Waals surface area contributed by atoms with Crippen LogP contribution in [0.4, 0.5) is 5.82 Å². The SMILES string of the molecule is CCC1c2ccsc2CCN1C(=O)CN1CCN(c2ncnc3sccc23)CC1. The van der Waals surface area contributed by atoms with E-state index in [2.05, 4.69) is 54.5 Å². The van der Waals surface area contributed by atoms with Gasteiger partial charge >= 0.3 is 0 Å². The van der Waals surface area contributed by atoms with Gasteiger partial charge in [0.2, 0.25) is 5.91 Å². The van der Waals surface area contributed by atoms with Crippen molar-refractivity contribution in [1.29, 1.82) is 0 Å². The topological polar surface area (TPSA) is 52.6 Å². The number of carbonyl (C=O) groups is 1. The Bertz CT molecular complexity index is 1010. The minimum atomic E-state index is 0.242. The number of anilines is 1. The second-order valence-electron chi connectivity index (χ2n) is 7.66. The average Bonchev–Trinajstić information content (AvgIpc) is 3.42. The fourth-order valence-electron chi connectivity index (χ4n) is 4.56. The Balaban J connectivity index is 1.22. The van der Waals surface area contributed by atoms with Crippen molar-refractivity contribution in [2.24, 2.45) is 0 Å². The first-order valence-corrected chi connectivity index (χ1v) is 12.0. The Morgan fingerprint density at radius 3 is 2.76 bits per heavy atom. The molecule has 0 spiro atoms. The van der Waals surface area contributed by atoms with Gasteiger partial charge in [-0.25, -0.2) is 9.97 Å². The first kappa shape index (κ1) is 19.0. The number of aromatic nitrogens is 2. The number of fused-ring (bicyclic) bond motifs is 2. The van der Waals surface area contributed by atoms with Crippen LogP contribution in [0.15, 0.2) is 29.2 Å². The lowest BCUT2D eigenvalue weighted by Crippen LogP contribution is -2.51. The summed E-state index contributed by atoms with van der Waals surface area (Å²) in [6.07, 6.45) is 3.63. The zero-order valence-electron chi connectivity index (χ0n) is 16.6. The van der Waals surface area contributed by atoms with E-state index in [1.54, 1.807) is 17.7 Å². The van der Waals surface area contributed by atoms with Crippen molar-refractivity contribution >= 4 is 44.6 Å². The summed E-state index contributed by atoms with van der Waals surface area (Å²) in [7, 11) is 0. The van der Waals surface area contributed by atoms with E-state index in [4.69, 9.17) is 0 Å². The fourth-order valence-corrected chi connectivity index (χ4v) is 6.22. The Morgan fingerprint density at radius 2 is 1.93 bits per heavy atom. The molecule has 1 atom stereocenters. The van der Waals surface area contributed by atoms with Gasteiger partial charge in [-0.2, -0.15) is 0 Å². The molecule has 0 saturated carbocycles. The van der Waals surface area contributed by atoms with Crippen LogP contribution in [0.1, 0.15) is 29.8 Å². The molecular weight excluding hydrogens is 402 g/mol. The van der Waals surface area contributed by atoms with Gasteiger partial charge in [-0.1, -0.05) is 6.92 Å². The molecule has 8 heteroatoms. The van der Waals surface area contributed by atoms with Crippen LogP contribution in [0.2, 0.25) is 0 Å². The molecule has 152 valence electrons. The number of hydrogen-bond acceptors (Lipinski definition) is 7. The monoisotopic (exact) mass is 427 g/mol. The highest BCUT2D eigenvalue weighted by atomic mass is 32.1. The van der Waals surface area contributed by atoms with Gasteiger partial charge in [0.1, 0.15) is 17.0 Å². The van der Waals surface area contributed by atoms with Gasteiger partial charge in [-0.3, -0.25) is 9.69 Å². The zero-order chi connectivity index (χ0) is 19.8. The molecule has 1 amide bonds. The van der Waals surface area contributed by atoms with Crippen LogP contribution < -0.4 is 4.90 Å². The van der Waals surface area contributed by atoms with Crippen LogP contribution in [-0.2, 0) is 11.2 Å². The lowest BCUT2D eigenvalue weighted by Gasteiger charge is -2.39. The van der Waals surface area contributed by atoms with Crippen molar-refractivity contribution in [3.63, 3.8) is 0 Å². The molecule has 1 unspecified atom stereocenters. The summed E-state index contributed by atoms with van der Waals surface area (Å²) in [6.45, 7) is 7.10. The van der Waals surface area contributed by atoms with Crippen molar-refractivity contribution in [2.45, 2.75) is 25.8 Å². The molecule has 0 aromatic carbocycles. The van der Waals surface area contributed by atoms with Crippen LogP contribution >= 0.6 is 22.7 Å². The minimum Gasteiger partial charge on any atom is -0.353 e. The lowest BCUT2D eigenvalue weighted by molar-refractivity contribution is -0.135. The molecule has 2 aliphatic rings. The van der Waals surface area contributed by atoms with E-state index in [0.717, 1.165) is 61.6 Å². The van der Waals surface area contributed by atoms with Crippen LogP contribution in [0.3, 0.4) is 0 Å². The highest BCUT2D eigenvalue weighted by molar-refractivity contribution is 7.16. The number of carbonyl (C=O) groups excluding carboxylic acids is 1. The van der Waals surface area contributed by atoms with Gasteiger partial charge in [0.25, 0.3) is 0 Å². The smallest absolute Gasteiger partial charge is 0.237 e. The Labute approximate surface area is 178 Å². The van der Waals surface area contributed by atoms with Gasteiger partial charge in [0.05, 0.1) is 18.0 Å². The van der Waals surface area contributed by atoms with E-state index in [9.17, 15) is 4.79 Å². The summed E-state index contributed by atoms with van der Waals surface area (Å²) in [4.78, 5) is 31.2. The van der Waals surface area contributed by atoms with Crippen LogP contribution in [0.25, 0.3) is 10.2 Å². The third-order valence-corrected chi connectivity index (χ3v) is 7.89. The number of thiophene rings is 2. The van der Waals surface area contributed by atoms with Crippen molar-refractivity contribution in [3.8, 4) is 0 Å². The molecule has 1 saturated heterocycles. The van der Waals surface area contributed by atoms with Crippen molar-refractivity contribution in [3.05, 3.63) is 39.7 Å². The summed E-state index contributed by atoms with van der Waals surface area (Å²) in [5, 5.41) is 5.37. The second kappa shape index (κ2) is 8.01. The molecule has 1 fully saturated rings. The number of piperazine rings is 1. The van der Waals surface area contributed by atoms with Gasteiger partial charge < -0.3 is 9.80 Å². The first-order valence-electron chi connectivity index (χ1n) is 10.3. The van der Waals surface area contributed by atoms with E-state index in [1.165, 1.54) is 10.4 Å². The average molecular weight is 428 g/mol. The molecule has 0 bridgehead atoms. The zero-order valence-corrected chi connectivity index (χ0v) is 18.2. The number of amides is 1. The number of rotatable bonds is 4. The van der Waals surface area contributed by atoms with Crippen molar-refractivity contribution in [1.82, 2.24) is 19.8 Å². The fraction of sp³-hybridized carbons (Fsp3) is 0.476. The maximum absolute atomic E-state index is 13.1. The molecule has 0 aliphatic carbocycles. The highest BCUT2D eigenvalue weighted by Crippen LogP contribution is 2.35. The van der Waals surface area contributed by atoms with Gasteiger partial charge in [-0.05, 0) is 41.3 Å². The molecule has 3 aromatic heterocycles. The summed E-state index contributed by atoms with van der Waals surface area (Å²) >= 11 is 3.48. The van der Waals surface area contributed by atoms with Crippen LogP contribution in [0, 0.1) is 0 Å². The van der Waals surface area contributed by atoms with E-state index >= 15 is 0 Å². The largest absolute Gasteiger partial charge is 0.353 e. The standard InChI is InChI=1S/C21H25N5OS2/c1-2-17-15-4-11-28-18(15)3-6-26(17)19(27)13-24-7-9-25(10-8-24)20-16-5-12-29-21(16)23-14-22-20/h4-5,11-12,14,17H,2-3,6-10,13H2,1H3. The Morgan fingerprint density at radius 1 is 1.10 bits per heavy atom. The lowest BCUT2D eigenvalue weighted by atomic mass is 9.97. The third kappa shape index (κ3) is 3.53. The molecule has 2 aliphatic heterocycles. The quantitative estimate of drug-likeness (QED) is 0.639. The second-order valence-corrected chi connectivity index (χ2v) is 9.56. The minimum absolute atomic E-state index is 0.242. The molecule has 5 heterocycles. The number of hydrogen-bond donors (Lipinski definition) is 0. The molecular formula is C21H25N5OS2. The van der Waals surface area contributed by atoms with Gasteiger partial charge in [-0.15, -0.1) is 22.7 Å². The van der Waals surface area contributed by atoms with E-state index in [-0.39, 0.29) is 11.9 Å². The number of nitrogens with zero attached hydrogens (tertiary/aromatic N) is 5. The molecule has 29 heavy (non-hydrogen) atoms. The van der Waals surface area contributed by atoms with E-state index < -0.39 is 0 Å². The first-order chi connectivity index (χ1) is 14.2. The summed E-state index contributed by atoms with van der Waals surface area (Å²) in [6, 6.07) is 4.55. The van der Waals surface area contributed by atoms with Crippen LogP contribution in [-0.4, -0.2) is 64.9 Å². The van der Waals surface area contributed by atoms with E-state index in [1.807, 2.05) is 11.3 Å². The van der Waals surface area contributed by atoms with Crippen molar-refractivity contribution in [2.75, 3.05) is 44.2 Å². The van der Waals surface area contributed by atoms with Gasteiger partial charge in [0.15, 0.2) is 0 Å². The molecule has 6 nitrogen and oxygen atoms in total. The third-order valence-electron chi connectivity index (χ3n) is 6.07. The van der Waals surface area contributed by atoms with Crippen LogP contribution in [0.5, 0.6) is 0 Å².